The third-order valence-corrected chi connectivity index (χ3v) is 5.10. The molecule has 1 heterocycles. The minimum Gasteiger partial charge on any atom is -0.323 e. The second kappa shape index (κ2) is 7.16. The van der Waals surface area contributed by atoms with Crippen molar-refractivity contribution < 1.29 is 13.6 Å². The molecular formula is C21H20F2N4O. The highest BCUT2D eigenvalue weighted by Gasteiger charge is 2.49. The van der Waals surface area contributed by atoms with Crippen LogP contribution >= 0.6 is 0 Å². The second-order valence-electron chi connectivity index (χ2n) is 7.11. The standard InChI is InChI=1S/C21H20F2N4O/c1-24-12-21(8-9-21)20(28)25-19-10-14-17(26-27-18(14)11-16(19)23)7-6-13-4-2-3-5-15(13)22/h2-7,10-11,24H,8-9,12H2,1H3,(H,25,28)(H,26,27)/b7-6+. The van der Waals surface area contributed by atoms with E-state index in [-0.39, 0.29) is 17.4 Å². The summed E-state index contributed by atoms with van der Waals surface area (Å²) in [5, 5.41) is 13.3. The molecule has 3 N–H and O–H groups in total. The van der Waals surface area contributed by atoms with E-state index in [1.165, 1.54) is 12.1 Å². The number of nitrogens with zero attached hydrogens (tertiary/aromatic N) is 1. The third-order valence-electron chi connectivity index (χ3n) is 5.10. The van der Waals surface area contributed by atoms with E-state index < -0.39 is 11.2 Å². The smallest absolute Gasteiger partial charge is 0.231 e. The lowest BCUT2D eigenvalue weighted by atomic mass is 10.1. The molecule has 0 radical (unpaired) electrons. The molecular weight excluding hydrogens is 362 g/mol. The zero-order valence-corrected chi connectivity index (χ0v) is 15.4. The Bertz CT molecular complexity index is 1070. The summed E-state index contributed by atoms with van der Waals surface area (Å²) in [6.45, 7) is 0.561. The Morgan fingerprint density at radius 3 is 2.71 bits per heavy atom. The number of nitrogens with one attached hydrogen (secondary N) is 3. The molecule has 0 aliphatic heterocycles. The van der Waals surface area contributed by atoms with Crippen molar-refractivity contribution in [1.82, 2.24) is 15.5 Å². The number of aromatic nitrogens is 2. The maximum atomic E-state index is 14.4. The average molecular weight is 382 g/mol. The van der Waals surface area contributed by atoms with Crippen LogP contribution in [-0.2, 0) is 4.79 Å². The predicted octanol–water partition coefficient (Wildman–Crippen LogP) is 3.95. The molecule has 0 atom stereocenters. The van der Waals surface area contributed by atoms with Gasteiger partial charge in [0.2, 0.25) is 5.91 Å². The van der Waals surface area contributed by atoms with E-state index in [4.69, 9.17) is 0 Å². The van der Waals surface area contributed by atoms with E-state index in [1.807, 2.05) is 0 Å². The Morgan fingerprint density at radius 1 is 1.21 bits per heavy atom. The maximum absolute atomic E-state index is 14.4. The highest BCUT2D eigenvalue weighted by Crippen LogP contribution is 2.46. The van der Waals surface area contributed by atoms with E-state index in [2.05, 4.69) is 20.8 Å². The molecule has 0 bridgehead atoms. The van der Waals surface area contributed by atoms with Crippen LogP contribution in [0, 0.1) is 17.0 Å². The van der Waals surface area contributed by atoms with E-state index in [9.17, 15) is 13.6 Å². The van der Waals surface area contributed by atoms with Crippen LogP contribution in [-0.4, -0.2) is 29.7 Å². The number of fused-ring (bicyclic) bond motifs is 1. The fraction of sp³-hybridized carbons (Fsp3) is 0.238. The summed E-state index contributed by atoms with van der Waals surface area (Å²) in [5.41, 5.74) is 1.11. The predicted molar refractivity (Wildman–Crippen MR) is 106 cm³/mol. The van der Waals surface area contributed by atoms with Gasteiger partial charge in [-0.05, 0) is 44.2 Å². The number of anilines is 1. The number of carbonyl (C=O) groups is 1. The summed E-state index contributed by atoms with van der Waals surface area (Å²) in [7, 11) is 1.79. The molecule has 1 aromatic heterocycles. The first-order chi connectivity index (χ1) is 13.5. The van der Waals surface area contributed by atoms with Crippen LogP contribution in [0.1, 0.15) is 24.1 Å². The Hall–Kier alpha value is -3.06. The van der Waals surface area contributed by atoms with Gasteiger partial charge in [0.15, 0.2) is 0 Å². The summed E-state index contributed by atoms with van der Waals surface area (Å²) >= 11 is 0. The molecule has 28 heavy (non-hydrogen) atoms. The van der Waals surface area contributed by atoms with Crippen molar-refractivity contribution in [3.8, 4) is 0 Å². The molecule has 0 unspecified atom stereocenters. The number of halogens is 2. The Labute approximate surface area is 160 Å². The Balaban J connectivity index is 1.63. The maximum Gasteiger partial charge on any atom is 0.231 e. The van der Waals surface area contributed by atoms with Crippen molar-refractivity contribution in [2.45, 2.75) is 12.8 Å². The van der Waals surface area contributed by atoms with E-state index >= 15 is 0 Å². The molecule has 3 aromatic rings. The number of hydrogen-bond donors (Lipinski definition) is 3. The van der Waals surface area contributed by atoms with Crippen LogP contribution in [0.5, 0.6) is 0 Å². The van der Waals surface area contributed by atoms with Gasteiger partial charge in [0.1, 0.15) is 11.6 Å². The monoisotopic (exact) mass is 382 g/mol. The lowest BCUT2D eigenvalue weighted by Gasteiger charge is -2.15. The van der Waals surface area contributed by atoms with Crippen molar-refractivity contribution in [3.05, 3.63) is 59.3 Å². The fourth-order valence-corrected chi connectivity index (χ4v) is 3.29. The number of rotatable bonds is 6. The number of H-pyrrole nitrogens is 1. The van der Waals surface area contributed by atoms with Gasteiger partial charge in [-0.25, -0.2) is 8.78 Å². The van der Waals surface area contributed by atoms with Gasteiger partial charge in [0.25, 0.3) is 0 Å². The largest absolute Gasteiger partial charge is 0.323 e. The van der Waals surface area contributed by atoms with Crippen molar-refractivity contribution in [2.24, 2.45) is 5.41 Å². The van der Waals surface area contributed by atoms with Gasteiger partial charge in [0.05, 0.1) is 22.3 Å². The molecule has 5 nitrogen and oxygen atoms in total. The zero-order chi connectivity index (χ0) is 19.7. The SMILES string of the molecule is CNCC1(C(=O)Nc2cc3c(/C=C/c4ccccc4F)n[nH]c3cc2F)CC1. The average Bonchev–Trinajstić information content (AvgIpc) is 3.37. The van der Waals surface area contributed by atoms with Gasteiger partial charge in [-0.1, -0.05) is 18.2 Å². The lowest BCUT2D eigenvalue weighted by molar-refractivity contribution is -0.121. The van der Waals surface area contributed by atoms with Crippen molar-refractivity contribution in [1.29, 1.82) is 0 Å². The van der Waals surface area contributed by atoms with Gasteiger partial charge >= 0.3 is 0 Å². The second-order valence-corrected chi connectivity index (χ2v) is 7.11. The van der Waals surface area contributed by atoms with Crippen LogP contribution in [0.25, 0.3) is 23.1 Å². The molecule has 1 aliphatic carbocycles. The van der Waals surface area contributed by atoms with E-state index in [0.29, 0.717) is 28.7 Å². The molecule has 0 spiro atoms. The third kappa shape index (κ3) is 3.41. The lowest BCUT2D eigenvalue weighted by Crippen LogP contribution is -2.32. The molecule has 2 aromatic carbocycles. The summed E-state index contributed by atoms with van der Waals surface area (Å²) in [4.78, 5) is 12.5. The van der Waals surface area contributed by atoms with Crippen molar-refractivity contribution >= 4 is 34.6 Å². The highest BCUT2D eigenvalue weighted by molar-refractivity contribution is 6.00. The molecule has 1 saturated carbocycles. The summed E-state index contributed by atoms with van der Waals surface area (Å²) in [6.07, 6.45) is 4.83. The van der Waals surface area contributed by atoms with Crippen LogP contribution in [0.2, 0.25) is 0 Å². The normalized spacial score (nSPS) is 15.2. The first-order valence-corrected chi connectivity index (χ1v) is 9.09. The first kappa shape index (κ1) is 18.3. The van der Waals surface area contributed by atoms with Crippen molar-refractivity contribution in [2.75, 3.05) is 18.9 Å². The minimum absolute atomic E-state index is 0.113. The molecule has 4 rings (SSSR count). The van der Waals surface area contributed by atoms with Crippen LogP contribution in [0.15, 0.2) is 36.4 Å². The van der Waals surface area contributed by atoms with Gasteiger partial charge in [-0.2, -0.15) is 5.10 Å². The van der Waals surface area contributed by atoms with E-state index in [1.54, 1.807) is 43.5 Å². The minimum atomic E-state index is -0.533. The molecule has 7 heteroatoms. The molecule has 144 valence electrons. The number of aromatic amines is 1. The van der Waals surface area contributed by atoms with Gasteiger partial charge in [-0.3, -0.25) is 9.89 Å². The number of amides is 1. The topological polar surface area (TPSA) is 69.8 Å². The van der Waals surface area contributed by atoms with Gasteiger partial charge in [0, 0.05) is 23.6 Å². The molecule has 1 amide bonds. The highest BCUT2D eigenvalue weighted by atomic mass is 19.1. The summed E-state index contributed by atoms with van der Waals surface area (Å²) in [5.74, 6) is -1.06. The Morgan fingerprint density at radius 2 is 2.00 bits per heavy atom. The van der Waals surface area contributed by atoms with Crippen molar-refractivity contribution in [3.63, 3.8) is 0 Å². The van der Waals surface area contributed by atoms with E-state index in [0.717, 1.165) is 12.8 Å². The van der Waals surface area contributed by atoms with Crippen LogP contribution < -0.4 is 10.6 Å². The van der Waals surface area contributed by atoms with Gasteiger partial charge < -0.3 is 10.6 Å². The van der Waals surface area contributed by atoms with Gasteiger partial charge in [-0.15, -0.1) is 0 Å². The Kier molecular flexibility index (Phi) is 4.68. The quantitative estimate of drug-likeness (QED) is 0.605. The number of hydrogen-bond acceptors (Lipinski definition) is 3. The molecule has 0 saturated heterocycles. The molecule has 1 fully saturated rings. The number of benzene rings is 2. The first-order valence-electron chi connectivity index (χ1n) is 9.09. The fourth-order valence-electron chi connectivity index (χ4n) is 3.29. The van der Waals surface area contributed by atoms with Crippen LogP contribution in [0.4, 0.5) is 14.5 Å². The number of carbonyl (C=O) groups excluding carboxylic acids is 1. The summed E-state index contributed by atoms with van der Waals surface area (Å²) < 4.78 is 28.2. The molecule has 1 aliphatic rings. The van der Waals surface area contributed by atoms with Crippen LogP contribution in [0.3, 0.4) is 0 Å². The summed E-state index contributed by atoms with van der Waals surface area (Å²) in [6, 6.07) is 9.26. The zero-order valence-electron chi connectivity index (χ0n) is 15.4.